The number of benzene rings is 2. The fourth-order valence-corrected chi connectivity index (χ4v) is 2.71. The monoisotopic (exact) mass is 306 g/mol. The van der Waals surface area contributed by atoms with Gasteiger partial charge in [-0.3, -0.25) is 0 Å². The molecule has 2 nitrogen and oxygen atoms in total. The van der Waals surface area contributed by atoms with Crippen molar-refractivity contribution in [2.45, 2.75) is 25.0 Å². The Morgan fingerprint density at radius 2 is 1.76 bits per heavy atom. The van der Waals surface area contributed by atoms with E-state index in [0.29, 0.717) is 17.4 Å². The highest BCUT2D eigenvalue weighted by molar-refractivity contribution is 6.32. The molecule has 110 valence electrons. The lowest BCUT2D eigenvalue weighted by atomic mass is 9.84. The average Bonchev–Trinajstić information content (AvgIpc) is 3.24. The molecule has 1 aliphatic heterocycles. The van der Waals surface area contributed by atoms with Crippen LogP contribution < -0.4 is 4.74 Å². The van der Waals surface area contributed by atoms with Crippen LogP contribution in [0.25, 0.3) is 0 Å². The molecule has 1 saturated heterocycles. The summed E-state index contributed by atoms with van der Waals surface area (Å²) in [4.78, 5) is 0. The van der Waals surface area contributed by atoms with Crippen LogP contribution >= 0.6 is 11.6 Å². The van der Waals surface area contributed by atoms with Gasteiger partial charge in [0.1, 0.15) is 17.2 Å². The Morgan fingerprint density at radius 1 is 1.14 bits per heavy atom. The zero-order chi connectivity index (χ0) is 15.1. The van der Waals surface area contributed by atoms with Gasteiger partial charge in [0, 0.05) is 0 Å². The maximum Gasteiger partial charge on any atom is 0.155 e. The van der Waals surface area contributed by atoms with Gasteiger partial charge < -0.3 is 9.47 Å². The minimum atomic E-state index is -0.629. The molecule has 1 aliphatic rings. The third-order valence-corrected chi connectivity index (χ3v) is 4.23. The molecule has 4 heteroatoms. The van der Waals surface area contributed by atoms with E-state index >= 15 is 0 Å². The van der Waals surface area contributed by atoms with Gasteiger partial charge in [0.05, 0.1) is 11.6 Å². The molecule has 2 aromatic carbocycles. The topological polar surface area (TPSA) is 21.8 Å². The van der Waals surface area contributed by atoms with Gasteiger partial charge >= 0.3 is 0 Å². The van der Waals surface area contributed by atoms with Crippen LogP contribution in [0.15, 0.2) is 48.5 Å². The Balaban J connectivity index is 1.91. The summed E-state index contributed by atoms with van der Waals surface area (Å²) in [6.07, 6.45) is 0. The first kappa shape index (κ1) is 14.4. The summed E-state index contributed by atoms with van der Waals surface area (Å²) in [7, 11) is 0. The molecule has 0 radical (unpaired) electrons. The normalized spacial score (nSPS) is 21.1. The van der Waals surface area contributed by atoms with E-state index in [9.17, 15) is 4.39 Å². The molecule has 0 amide bonds. The number of epoxide rings is 1. The van der Waals surface area contributed by atoms with Gasteiger partial charge in [0.25, 0.3) is 0 Å². The fraction of sp³-hybridized carbons (Fsp3) is 0.294. The second kappa shape index (κ2) is 5.00. The second-order valence-corrected chi connectivity index (χ2v) is 6.07. The van der Waals surface area contributed by atoms with Gasteiger partial charge in [0.15, 0.2) is 5.60 Å². The van der Waals surface area contributed by atoms with Crippen molar-refractivity contribution in [1.29, 1.82) is 0 Å². The number of hydrogen-bond donors (Lipinski definition) is 0. The van der Waals surface area contributed by atoms with Crippen LogP contribution in [-0.2, 0) is 10.3 Å². The molecule has 1 atom stereocenters. The van der Waals surface area contributed by atoms with E-state index < -0.39 is 11.2 Å². The molecule has 3 rings (SSSR count). The van der Waals surface area contributed by atoms with Crippen molar-refractivity contribution in [2.24, 2.45) is 0 Å². The minimum absolute atomic E-state index is 0.264. The Kier molecular flexibility index (Phi) is 3.42. The summed E-state index contributed by atoms with van der Waals surface area (Å²) in [6, 6.07) is 13.7. The molecule has 0 saturated carbocycles. The van der Waals surface area contributed by atoms with Crippen molar-refractivity contribution >= 4 is 11.6 Å². The highest BCUT2D eigenvalue weighted by Crippen LogP contribution is 2.50. The van der Waals surface area contributed by atoms with Gasteiger partial charge in [-0.25, -0.2) is 4.39 Å². The van der Waals surface area contributed by atoms with Gasteiger partial charge in [0.2, 0.25) is 0 Å². The molecular formula is C17H16ClFO2. The van der Waals surface area contributed by atoms with E-state index in [1.807, 2.05) is 32.0 Å². The number of hydrogen-bond acceptors (Lipinski definition) is 2. The van der Waals surface area contributed by atoms with Gasteiger partial charge in [-0.15, -0.1) is 0 Å². The van der Waals surface area contributed by atoms with Crippen LogP contribution in [0.5, 0.6) is 5.75 Å². The van der Waals surface area contributed by atoms with Crippen molar-refractivity contribution in [1.82, 2.24) is 0 Å². The molecule has 1 heterocycles. The van der Waals surface area contributed by atoms with Crippen LogP contribution in [0.2, 0.25) is 5.02 Å². The van der Waals surface area contributed by atoms with E-state index in [1.165, 1.54) is 12.1 Å². The highest BCUT2D eigenvalue weighted by atomic mass is 35.5. The van der Waals surface area contributed by atoms with Crippen molar-refractivity contribution in [3.8, 4) is 5.75 Å². The van der Waals surface area contributed by atoms with Crippen molar-refractivity contribution < 1.29 is 13.9 Å². The summed E-state index contributed by atoms with van der Waals surface area (Å²) in [5, 5.41) is 0.556. The van der Waals surface area contributed by atoms with E-state index in [2.05, 4.69) is 0 Å². The highest BCUT2D eigenvalue weighted by Gasteiger charge is 2.60. The molecule has 0 N–H and O–H groups in total. The quantitative estimate of drug-likeness (QED) is 0.772. The molecule has 0 bridgehead atoms. The van der Waals surface area contributed by atoms with Gasteiger partial charge in [-0.2, -0.15) is 0 Å². The first-order valence-corrected chi connectivity index (χ1v) is 7.16. The largest absolute Gasteiger partial charge is 0.483 e. The number of rotatable bonds is 4. The van der Waals surface area contributed by atoms with E-state index in [4.69, 9.17) is 21.1 Å². The van der Waals surface area contributed by atoms with E-state index in [-0.39, 0.29) is 5.82 Å². The van der Waals surface area contributed by atoms with Crippen LogP contribution in [0.3, 0.4) is 0 Å². The van der Waals surface area contributed by atoms with Gasteiger partial charge in [-0.05, 0) is 43.7 Å². The first-order chi connectivity index (χ1) is 9.95. The second-order valence-electron chi connectivity index (χ2n) is 5.67. The smallest absolute Gasteiger partial charge is 0.155 e. The molecule has 0 aliphatic carbocycles. The molecule has 0 spiro atoms. The lowest BCUT2D eigenvalue weighted by molar-refractivity contribution is 0.0154. The lowest BCUT2D eigenvalue weighted by Gasteiger charge is -2.33. The zero-order valence-corrected chi connectivity index (χ0v) is 12.7. The standard InChI is InChI=1S/C17H16ClFO2/c1-16(2,21-15-6-4-3-5-14(15)18)17(11-20-17)12-7-9-13(19)10-8-12/h3-10H,11H2,1-2H3. The zero-order valence-electron chi connectivity index (χ0n) is 11.9. The molecule has 21 heavy (non-hydrogen) atoms. The van der Waals surface area contributed by atoms with Gasteiger partial charge in [-0.1, -0.05) is 35.9 Å². The minimum Gasteiger partial charge on any atom is -0.483 e. The van der Waals surface area contributed by atoms with E-state index in [0.717, 1.165) is 5.56 Å². The Labute approximate surface area is 128 Å². The maximum atomic E-state index is 13.1. The lowest BCUT2D eigenvalue weighted by Crippen LogP contribution is -2.43. The predicted molar refractivity (Wildman–Crippen MR) is 80.2 cm³/mol. The molecule has 1 fully saturated rings. The third kappa shape index (κ3) is 2.52. The van der Waals surface area contributed by atoms with Crippen LogP contribution in [0.1, 0.15) is 19.4 Å². The Morgan fingerprint density at radius 3 is 2.33 bits per heavy atom. The molecule has 0 aromatic heterocycles. The maximum absolute atomic E-state index is 13.1. The molecule has 1 unspecified atom stereocenters. The summed E-state index contributed by atoms with van der Waals surface area (Å²) in [5.74, 6) is 0.348. The van der Waals surface area contributed by atoms with Crippen LogP contribution in [0.4, 0.5) is 4.39 Å². The average molecular weight is 307 g/mol. The van der Waals surface area contributed by atoms with Crippen LogP contribution in [0, 0.1) is 5.82 Å². The third-order valence-electron chi connectivity index (χ3n) is 3.92. The molecule has 2 aromatic rings. The summed E-state index contributed by atoms with van der Waals surface area (Å²) < 4.78 is 24.9. The number of ether oxygens (including phenoxy) is 2. The first-order valence-electron chi connectivity index (χ1n) is 6.78. The van der Waals surface area contributed by atoms with Crippen LogP contribution in [-0.4, -0.2) is 12.2 Å². The van der Waals surface area contributed by atoms with Crippen molar-refractivity contribution in [2.75, 3.05) is 6.61 Å². The Bertz CT molecular complexity index is 648. The SMILES string of the molecule is CC(C)(Oc1ccccc1Cl)C1(c2ccc(F)cc2)CO1. The summed E-state index contributed by atoms with van der Waals surface area (Å²) in [6.45, 7) is 4.44. The number of para-hydroxylation sites is 1. The van der Waals surface area contributed by atoms with E-state index in [1.54, 1.807) is 18.2 Å². The fourth-order valence-electron chi connectivity index (χ4n) is 2.54. The summed E-state index contributed by atoms with van der Waals surface area (Å²) >= 11 is 6.15. The number of halogens is 2. The van der Waals surface area contributed by atoms with Crippen molar-refractivity contribution in [3.63, 3.8) is 0 Å². The van der Waals surface area contributed by atoms with Crippen molar-refractivity contribution in [3.05, 3.63) is 64.9 Å². The predicted octanol–water partition coefficient (Wildman–Crippen LogP) is 4.56. The molecular weight excluding hydrogens is 291 g/mol. The Hall–Kier alpha value is -1.58. The summed E-state index contributed by atoms with van der Waals surface area (Å²) in [5.41, 5.74) is -0.295.